The first-order valence-corrected chi connectivity index (χ1v) is 16.7. The average Bonchev–Trinajstić information content (AvgIpc) is 3.44. The number of para-hydroxylation sites is 1. The number of Topliss-reactive ketones (excluding diaryl/α,β-unsaturated/α-hetero) is 1. The van der Waals surface area contributed by atoms with Gasteiger partial charge in [-0.3, -0.25) is 14.4 Å². The molecule has 254 valence electrons. The van der Waals surface area contributed by atoms with Crippen LogP contribution in [0.5, 0.6) is 11.5 Å². The minimum Gasteiger partial charge on any atom is -0.497 e. The Labute approximate surface area is 298 Å². The van der Waals surface area contributed by atoms with E-state index in [0.717, 1.165) is 33.4 Å². The first kappa shape index (κ1) is 34.6. The van der Waals surface area contributed by atoms with Gasteiger partial charge in [0, 0.05) is 17.5 Å². The van der Waals surface area contributed by atoms with E-state index in [4.69, 9.17) is 19.2 Å². The minimum absolute atomic E-state index is 0.114. The Morgan fingerprint density at radius 3 is 2.25 bits per heavy atom. The number of aryl methyl sites for hydroxylation is 1. The average molecular weight is 698 g/mol. The van der Waals surface area contributed by atoms with Crippen LogP contribution >= 0.6 is 11.8 Å². The van der Waals surface area contributed by atoms with Crippen molar-refractivity contribution >= 4 is 41.0 Å². The molecule has 0 aliphatic carbocycles. The number of amides is 2. The van der Waals surface area contributed by atoms with Gasteiger partial charge in [0.05, 0.1) is 47.5 Å². The number of hydrogen-bond acceptors (Lipinski definition) is 10. The zero-order chi connectivity index (χ0) is 36.1. The van der Waals surface area contributed by atoms with Crippen LogP contribution in [0.3, 0.4) is 0 Å². The molecule has 0 N–H and O–H groups in total. The Morgan fingerprint density at radius 2 is 1.59 bits per heavy atom. The Hall–Kier alpha value is -6.25. The van der Waals surface area contributed by atoms with Gasteiger partial charge in [0.2, 0.25) is 17.6 Å². The highest BCUT2D eigenvalue weighted by Crippen LogP contribution is 2.39. The number of methoxy groups -OCH3 is 2. The van der Waals surface area contributed by atoms with Crippen molar-refractivity contribution in [3.63, 3.8) is 0 Å². The molecule has 0 spiro atoms. The van der Waals surface area contributed by atoms with Crippen LogP contribution in [0.25, 0.3) is 22.4 Å². The van der Waals surface area contributed by atoms with Gasteiger partial charge >= 0.3 is 5.97 Å². The smallest absolute Gasteiger partial charge is 0.338 e. The molecule has 1 saturated heterocycles. The maximum absolute atomic E-state index is 13.7. The fraction of sp³-hybridized carbons (Fsp3) is 0.150. The lowest BCUT2D eigenvalue weighted by Gasteiger charge is -2.17. The topological polar surface area (TPSA) is 136 Å². The van der Waals surface area contributed by atoms with Crippen LogP contribution in [0.4, 0.5) is 5.69 Å². The number of nitriles is 1. The summed E-state index contributed by atoms with van der Waals surface area (Å²) in [5.74, 6) is -1.02. The number of carbonyl (C=O) groups is 4. The highest BCUT2D eigenvalue weighted by atomic mass is 32.2. The number of imide groups is 1. The van der Waals surface area contributed by atoms with Crippen molar-refractivity contribution in [1.29, 1.82) is 5.26 Å². The Bertz CT molecular complexity index is 2180. The second-order valence-corrected chi connectivity index (χ2v) is 12.8. The molecule has 0 radical (unpaired) electrons. The van der Waals surface area contributed by atoms with Gasteiger partial charge < -0.3 is 14.2 Å². The van der Waals surface area contributed by atoms with Crippen molar-refractivity contribution in [2.75, 3.05) is 25.7 Å². The fourth-order valence-corrected chi connectivity index (χ4v) is 6.73. The number of rotatable bonds is 11. The Balaban J connectivity index is 1.22. The van der Waals surface area contributed by atoms with Crippen molar-refractivity contribution in [3.05, 3.63) is 125 Å². The zero-order valence-corrected chi connectivity index (χ0v) is 28.7. The summed E-state index contributed by atoms with van der Waals surface area (Å²) < 4.78 is 15.7. The van der Waals surface area contributed by atoms with Crippen LogP contribution < -0.4 is 14.4 Å². The standard InChI is InChI=1S/C40H31N3O7S/c1-24-8-10-25(11-9-24)31-20-33(26-14-18-29(48-2)19-15-26)42-38(32(31)22-41)51-36-21-37(45)43(39(36)46)28-16-12-27(13-17-28)40(47)50-23-34(44)30-6-4-5-7-35(30)49-3/h4-20,36H,21,23H2,1-3H3. The highest BCUT2D eigenvalue weighted by molar-refractivity contribution is 8.00. The van der Waals surface area contributed by atoms with Crippen LogP contribution in [0.1, 0.15) is 38.3 Å². The molecule has 1 fully saturated rings. The summed E-state index contributed by atoms with van der Waals surface area (Å²) in [5, 5.41) is 9.82. The maximum atomic E-state index is 13.7. The van der Waals surface area contributed by atoms with Gasteiger partial charge in [-0.15, -0.1) is 0 Å². The molecule has 10 nitrogen and oxygen atoms in total. The third kappa shape index (κ3) is 7.37. The number of ketones is 1. The van der Waals surface area contributed by atoms with Crippen LogP contribution in [0.15, 0.2) is 108 Å². The summed E-state index contributed by atoms with van der Waals surface area (Å²) in [5.41, 5.74) is 4.91. The molecule has 0 bridgehead atoms. The van der Waals surface area contributed by atoms with E-state index >= 15 is 0 Å². The summed E-state index contributed by atoms with van der Waals surface area (Å²) in [6.07, 6.45) is -0.114. The largest absolute Gasteiger partial charge is 0.497 e. The summed E-state index contributed by atoms with van der Waals surface area (Å²) in [4.78, 5) is 58.2. The summed E-state index contributed by atoms with van der Waals surface area (Å²) in [7, 11) is 3.03. The van der Waals surface area contributed by atoms with Gasteiger partial charge in [0.15, 0.2) is 6.61 Å². The summed E-state index contributed by atoms with van der Waals surface area (Å²) in [6.45, 7) is 1.49. The molecule has 1 aliphatic rings. The molecule has 4 aromatic carbocycles. The summed E-state index contributed by atoms with van der Waals surface area (Å²) >= 11 is 1.07. The van der Waals surface area contributed by atoms with Crippen molar-refractivity contribution in [2.45, 2.75) is 23.6 Å². The number of nitrogens with zero attached hydrogens (tertiary/aromatic N) is 3. The van der Waals surface area contributed by atoms with E-state index < -0.39 is 35.4 Å². The molecule has 2 amide bonds. The lowest BCUT2D eigenvalue weighted by molar-refractivity contribution is -0.121. The predicted molar refractivity (Wildman–Crippen MR) is 192 cm³/mol. The van der Waals surface area contributed by atoms with Crippen molar-refractivity contribution in [3.8, 4) is 40.0 Å². The van der Waals surface area contributed by atoms with Crippen LogP contribution in [0.2, 0.25) is 0 Å². The normalized spacial score (nSPS) is 13.8. The van der Waals surface area contributed by atoms with E-state index in [1.165, 1.54) is 31.4 Å². The molecule has 5 aromatic rings. The van der Waals surface area contributed by atoms with Crippen molar-refractivity contribution in [2.24, 2.45) is 0 Å². The first-order chi connectivity index (χ1) is 24.7. The van der Waals surface area contributed by atoms with Gasteiger partial charge in [0.25, 0.3) is 0 Å². The molecule has 0 saturated carbocycles. The van der Waals surface area contributed by atoms with Crippen LogP contribution in [-0.4, -0.2) is 54.6 Å². The minimum atomic E-state index is -0.847. The highest BCUT2D eigenvalue weighted by Gasteiger charge is 2.41. The number of esters is 1. The molecule has 1 atom stereocenters. The van der Waals surface area contributed by atoms with Crippen molar-refractivity contribution in [1.82, 2.24) is 4.98 Å². The van der Waals surface area contributed by atoms with E-state index in [1.54, 1.807) is 31.4 Å². The van der Waals surface area contributed by atoms with Crippen molar-refractivity contribution < 1.29 is 33.4 Å². The quantitative estimate of drug-likeness (QED) is 0.0801. The molecular formula is C40H31N3O7S. The number of benzene rings is 4. The number of thioether (sulfide) groups is 1. The number of carbonyl (C=O) groups excluding carboxylic acids is 4. The van der Waals surface area contributed by atoms with E-state index in [1.807, 2.05) is 61.5 Å². The number of ether oxygens (including phenoxy) is 3. The first-order valence-electron chi connectivity index (χ1n) is 15.8. The second kappa shape index (κ2) is 15.1. The Kier molecular flexibility index (Phi) is 10.3. The number of anilines is 1. The third-order valence-corrected chi connectivity index (χ3v) is 9.48. The molecule has 2 heterocycles. The van der Waals surface area contributed by atoms with E-state index in [2.05, 4.69) is 6.07 Å². The van der Waals surface area contributed by atoms with Crippen LogP contribution in [-0.2, 0) is 14.3 Å². The van der Waals surface area contributed by atoms with E-state index in [0.29, 0.717) is 33.3 Å². The molecule has 6 rings (SSSR count). The number of hydrogen-bond donors (Lipinski definition) is 0. The van der Waals surface area contributed by atoms with Gasteiger partial charge in [-0.2, -0.15) is 5.26 Å². The molecular weight excluding hydrogens is 667 g/mol. The maximum Gasteiger partial charge on any atom is 0.338 e. The van der Waals surface area contributed by atoms with Gasteiger partial charge in [-0.05, 0) is 79.2 Å². The van der Waals surface area contributed by atoms with Crippen LogP contribution in [0, 0.1) is 18.3 Å². The molecule has 1 aliphatic heterocycles. The zero-order valence-electron chi connectivity index (χ0n) is 27.9. The molecule has 1 unspecified atom stereocenters. The molecule has 11 heteroatoms. The van der Waals surface area contributed by atoms with E-state index in [-0.39, 0.29) is 23.2 Å². The van der Waals surface area contributed by atoms with E-state index in [9.17, 15) is 24.4 Å². The number of pyridine rings is 1. The molecule has 1 aromatic heterocycles. The van der Waals surface area contributed by atoms with Gasteiger partial charge in [0.1, 0.15) is 22.6 Å². The third-order valence-electron chi connectivity index (χ3n) is 8.31. The fourth-order valence-electron chi connectivity index (χ4n) is 5.60. The monoisotopic (exact) mass is 697 g/mol. The second-order valence-electron chi connectivity index (χ2n) is 11.6. The summed E-state index contributed by atoms with van der Waals surface area (Å²) in [6, 6.07) is 31.7. The number of aromatic nitrogens is 1. The Morgan fingerprint density at radius 1 is 0.902 bits per heavy atom. The lowest BCUT2D eigenvalue weighted by atomic mass is 9.98. The van der Waals surface area contributed by atoms with Gasteiger partial charge in [-0.25, -0.2) is 14.7 Å². The predicted octanol–water partition coefficient (Wildman–Crippen LogP) is 7.08. The lowest BCUT2D eigenvalue weighted by Crippen LogP contribution is -2.31. The van der Waals surface area contributed by atoms with Gasteiger partial charge in [-0.1, -0.05) is 53.7 Å². The molecule has 51 heavy (non-hydrogen) atoms. The SMILES string of the molecule is COc1ccc(-c2cc(-c3ccc(C)cc3)c(C#N)c(SC3CC(=O)N(c4ccc(C(=O)OCC(=O)c5ccccc5OC)cc4)C3=O)n2)cc1.